The van der Waals surface area contributed by atoms with Crippen molar-refractivity contribution < 1.29 is 33.3 Å². The van der Waals surface area contributed by atoms with Crippen LogP contribution < -0.4 is 9.47 Å². The van der Waals surface area contributed by atoms with Crippen molar-refractivity contribution in [3.8, 4) is 11.5 Å². The third-order valence-corrected chi connectivity index (χ3v) is 5.31. The topological polar surface area (TPSA) is 98.4 Å². The number of aliphatic hydroxyl groups excluding tert-OH is 1. The van der Waals surface area contributed by atoms with Crippen molar-refractivity contribution in [3.63, 3.8) is 0 Å². The van der Waals surface area contributed by atoms with E-state index >= 15 is 0 Å². The van der Waals surface area contributed by atoms with Gasteiger partial charge in [-0.1, -0.05) is 23.2 Å². The molecule has 1 aliphatic heterocycles. The van der Waals surface area contributed by atoms with E-state index in [9.17, 15) is 14.7 Å². The first-order valence-electron chi connectivity index (χ1n) is 8.78. The summed E-state index contributed by atoms with van der Waals surface area (Å²) in [7, 11) is 4.20. The number of carbonyl (C=O) groups excluding carboxylic acids is 2. The molecule has 1 aromatic carbocycles. The molecule has 1 aromatic heterocycles. The van der Waals surface area contributed by atoms with E-state index in [1.807, 2.05) is 0 Å². The van der Waals surface area contributed by atoms with Crippen LogP contribution in [0.25, 0.3) is 5.76 Å². The average Bonchev–Trinajstić information content (AvgIpc) is 3.33. The average molecular weight is 456 g/mol. The molecule has 2 aromatic rings. The van der Waals surface area contributed by atoms with Gasteiger partial charge in [-0.15, -0.1) is 0 Å². The minimum atomic E-state index is -0.959. The van der Waals surface area contributed by atoms with Gasteiger partial charge in [-0.3, -0.25) is 9.59 Å². The molecule has 1 fully saturated rings. The molecular formula is C20H19Cl2NO7. The summed E-state index contributed by atoms with van der Waals surface area (Å²) in [6.45, 7) is 0.304. The third kappa shape index (κ3) is 3.62. The predicted molar refractivity (Wildman–Crippen MR) is 109 cm³/mol. The lowest BCUT2D eigenvalue weighted by Crippen LogP contribution is -2.32. The number of Topliss-reactive ketones (excluding diaryl/α,β-unsaturated/α-hetero) is 1. The van der Waals surface area contributed by atoms with Crippen LogP contribution in [0, 0.1) is 0 Å². The summed E-state index contributed by atoms with van der Waals surface area (Å²) in [5.41, 5.74) is -0.142. The zero-order valence-corrected chi connectivity index (χ0v) is 17.9. The molecule has 1 atom stereocenters. The molecule has 1 N–H and O–H groups in total. The fourth-order valence-electron chi connectivity index (χ4n) is 3.33. The number of benzene rings is 1. The number of halogens is 2. The highest BCUT2D eigenvalue weighted by atomic mass is 35.5. The van der Waals surface area contributed by atoms with Crippen LogP contribution in [0.1, 0.15) is 17.4 Å². The summed E-state index contributed by atoms with van der Waals surface area (Å²) in [5, 5.41) is 11.2. The molecule has 30 heavy (non-hydrogen) atoms. The largest absolute Gasteiger partial charge is 0.507 e. The molecule has 1 aliphatic rings. The van der Waals surface area contributed by atoms with E-state index in [0.29, 0.717) is 5.76 Å². The van der Waals surface area contributed by atoms with Crippen LogP contribution in [-0.4, -0.2) is 56.2 Å². The minimum Gasteiger partial charge on any atom is -0.507 e. The van der Waals surface area contributed by atoms with Crippen LogP contribution in [0.3, 0.4) is 0 Å². The van der Waals surface area contributed by atoms with E-state index < -0.39 is 23.5 Å². The maximum atomic E-state index is 12.9. The number of hydrogen-bond donors (Lipinski definition) is 1. The number of hydrogen-bond acceptors (Lipinski definition) is 7. The van der Waals surface area contributed by atoms with Crippen LogP contribution in [0.4, 0.5) is 0 Å². The monoisotopic (exact) mass is 455 g/mol. The fraction of sp³-hybridized carbons (Fsp3) is 0.300. The number of ketones is 1. The third-order valence-electron chi connectivity index (χ3n) is 4.68. The Bertz CT molecular complexity index is 1000. The molecule has 8 nitrogen and oxygen atoms in total. The molecule has 1 amide bonds. The van der Waals surface area contributed by atoms with Gasteiger partial charge in [0.15, 0.2) is 11.5 Å². The Hall–Kier alpha value is -2.68. The zero-order chi connectivity index (χ0) is 22.0. The van der Waals surface area contributed by atoms with Gasteiger partial charge in [-0.05, 0) is 18.2 Å². The lowest BCUT2D eigenvalue weighted by molar-refractivity contribution is -0.140. The second-order valence-corrected chi connectivity index (χ2v) is 7.07. The molecule has 10 heteroatoms. The number of likely N-dealkylation sites (tertiary alicyclic amines) is 1. The number of furan rings is 1. The van der Waals surface area contributed by atoms with Crippen molar-refractivity contribution in [3.05, 3.63) is 51.4 Å². The van der Waals surface area contributed by atoms with Gasteiger partial charge in [0.05, 0.1) is 43.2 Å². The Balaban J connectivity index is 2.25. The number of amides is 1. The van der Waals surface area contributed by atoms with E-state index in [0.717, 1.165) is 0 Å². The lowest BCUT2D eigenvalue weighted by Gasteiger charge is -2.23. The van der Waals surface area contributed by atoms with Gasteiger partial charge in [0.2, 0.25) is 0 Å². The summed E-state index contributed by atoms with van der Waals surface area (Å²) in [6.07, 6.45) is 1.41. The van der Waals surface area contributed by atoms with Crippen LogP contribution in [0.2, 0.25) is 10.0 Å². The highest BCUT2D eigenvalue weighted by Gasteiger charge is 2.47. The molecular weight excluding hydrogens is 437 g/mol. The maximum Gasteiger partial charge on any atom is 0.295 e. The van der Waals surface area contributed by atoms with Gasteiger partial charge in [0, 0.05) is 13.7 Å². The van der Waals surface area contributed by atoms with Crippen LogP contribution in [0.15, 0.2) is 34.5 Å². The van der Waals surface area contributed by atoms with Gasteiger partial charge in [0.25, 0.3) is 11.7 Å². The summed E-state index contributed by atoms with van der Waals surface area (Å²) in [5.74, 6) is -1.68. The number of nitrogens with zero attached hydrogens (tertiary/aromatic N) is 1. The van der Waals surface area contributed by atoms with E-state index in [1.54, 1.807) is 12.1 Å². The number of rotatable bonds is 7. The highest BCUT2D eigenvalue weighted by molar-refractivity contribution is 6.47. The van der Waals surface area contributed by atoms with E-state index in [-0.39, 0.29) is 45.8 Å². The molecule has 0 spiro atoms. The minimum absolute atomic E-state index is 0.0113. The normalized spacial score (nSPS) is 18.2. The Kier molecular flexibility index (Phi) is 6.60. The van der Waals surface area contributed by atoms with Crippen molar-refractivity contribution in [2.24, 2.45) is 0 Å². The molecule has 3 rings (SSSR count). The summed E-state index contributed by atoms with van der Waals surface area (Å²) >= 11 is 12.5. The van der Waals surface area contributed by atoms with Gasteiger partial charge in [0.1, 0.15) is 22.6 Å². The smallest absolute Gasteiger partial charge is 0.295 e. The van der Waals surface area contributed by atoms with Crippen molar-refractivity contribution in [2.75, 3.05) is 34.5 Å². The first kappa shape index (κ1) is 22.0. The van der Waals surface area contributed by atoms with Crippen molar-refractivity contribution in [1.29, 1.82) is 0 Å². The molecule has 2 heterocycles. The van der Waals surface area contributed by atoms with E-state index in [1.165, 1.54) is 38.6 Å². The highest BCUT2D eigenvalue weighted by Crippen LogP contribution is 2.47. The fourth-order valence-corrected chi connectivity index (χ4v) is 4.02. The first-order chi connectivity index (χ1) is 14.4. The summed E-state index contributed by atoms with van der Waals surface area (Å²) in [6, 6.07) is 3.62. The zero-order valence-electron chi connectivity index (χ0n) is 16.4. The van der Waals surface area contributed by atoms with Crippen molar-refractivity contribution >= 4 is 40.7 Å². The van der Waals surface area contributed by atoms with Crippen molar-refractivity contribution in [1.82, 2.24) is 4.90 Å². The van der Waals surface area contributed by atoms with Crippen LogP contribution >= 0.6 is 23.2 Å². The molecule has 1 saturated heterocycles. The number of methoxy groups -OCH3 is 3. The molecule has 0 radical (unpaired) electrons. The SMILES string of the molecule is COCCN1C(=O)C(=O)/C(=C(\O)c2cc(Cl)c(OC)c(Cl)c2OC)C1c1ccco1. The quantitative estimate of drug-likeness (QED) is 0.386. The van der Waals surface area contributed by atoms with Gasteiger partial charge >= 0.3 is 0 Å². The molecule has 0 saturated carbocycles. The summed E-state index contributed by atoms with van der Waals surface area (Å²) in [4.78, 5) is 26.8. The Morgan fingerprint density at radius 2 is 1.90 bits per heavy atom. The maximum absolute atomic E-state index is 12.9. The van der Waals surface area contributed by atoms with Crippen LogP contribution in [-0.2, 0) is 14.3 Å². The number of ether oxygens (including phenoxy) is 3. The van der Waals surface area contributed by atoms with E-state index in [4.69, 9.17) is 41.8 Å². The first-order valence-corrected chi connectivity index (χ1v) is 9.54. The molecule has 160 valence electrons. The van der Waals surface area contributed by atoms with E-state index in [2.05, 4.69) is 0 Å². The predicted octanol–water partition coefficient (Wildman–Crippen LogP) is 3.67. The Labute approximate surface area is 182 Å². The molecule has 1 unspecified atom stereocenters. The van der Waals surface area contributed by atoms with Gasteiger partial charge in [-0.25, -0.2) is 0 Å². The second-order valence-electron chi connectivity index (χ2n) is 6.29. The Morgan fingerprint density at radius 1 is 1.20 bits per heavy atom. The van der Waals surface area contributed by atoms with Crippen LogP contribution in [0.5, 0.6) is 11.5 Å². The number of carbonyl (C=O) groups is 2. The lowest BCUT2D eigenvalue weighted by atomic mass is 9.98. The summed E-state index contributed by atoms with van der Waals surface area (Å²) < 4.78 is 21.0. The standard InChI is InChI=1S/C20H19Cl2NO7/c1-27-8-6-23-15(12-5-4-7-30-12)13(17(25)20(23)26)16(24)10-9-11(21)19(29-3)14(22)18(10)28-2/h4-5,7,9,15,24H,6,8H2,1-3H3/b16-13-. The van der Waals surface area contributed by atoms with Gasteiger partial charge in [-0.2, -0.15) is 0 Å². The Morgan fingerprint density at radius 3 is 2.47 bits per heavy atom. The van der Waals surface area contributed by atoms with Gasteiger partial charge < -0.3 is 28.6 Å². The number of aliphatic hydroxyl groups is 1. The van der Waals surface area contributed by atoms with Crippen molar-refractivity contribution in [2.45, 2.75) is 6.04 Å². The second kappa shape index (κ2) is 8.99. The molecule has 0 aliphatic carbocycles. The molecule has 0 bridgehead atoms.